The number of carbonyl (C=O) groups excluding carboxylic acids is 1. The molecule has 0 saturated heterocycles. The first kappa shape index (κ1) is 16.7. The third-order valence-electron chi connectivity index (χ3n) is 3.01. The summed E-state index contributed by atoms with van der Waals surface area (Å²) in [5, 5.41) is 1.84. The molecular weight excluding hydrogens is 322 g/mol. The summed E-state index contributed by atoms with van der Waals surface area (Å²) in [7, 11) is -2.28. The number of carbonyl (C=O) groups is 1. The molecule has 7 heteroatoms. The smallest absolute Gasteiger partial charge is 0.307 e. The number of sulfonamides is 1. The molecular formula is C15H17NO4S2. The van der Waals surface area contributed by atoms with Gasteiger partial charge < -0.3 is 4.74 Å². The number of esters is 1. The Bertz CT molecular complexity index is 696. The van der Waals surface area contributed by atoms with Crippen molar-refractivity contribution in [3.05, 3.63) is 58.3 Å². The molecule has 0 saturated carbocycles. The Morgan fingerprint density at radius 3 is 2.55 bits per heavy atom. The van der Waals surface area contributed by atoms with Crippen LogP contribution in [0.3, 0.4) is 0 Å². The fourth-order valence-corrected chi connectivity index (χ4v) is 4.20. The zero-order valence-corrected chi connectivity index (χ0v) is 13.7. The molecule has 118 valence electrons. The first-order chi connectivity index (χ1) is 10.5. The van der Waals surface area contributed by atoms with Crippen LogP contribution in [0, 0.1) is 0 Å². The summed E-state index contributed by atoms with van der Waals surface area (Å²) in [5.41, 5.74) is 0.693. The van der Waals surface area contributed by atoms with Crippen LogP contribution in [0.25, 0.3) is 0 Å². The van der Waals surface area contributed by atoms with E-state index in [-0.39, 0.29) is 12.2 Å². The lowest BCUT2D eigenvalue weighted by molar-refractivity contribution is -0.141. The highest BCUT2D eigenvalue weighted by atomic mass is 32.2. The Hall–Kier alpha value is -1.70. The van der Waals surface area contributed by atoms with Gasteiger partial charge in [-0.2, -0.15) is 0 Å². The van der Waals surface area contributed by atoms with Crippen LogP contribution in [0.15, 0.2) is 47.8 Å². The lowest BCUT2D eigenvalue weighted by Crippen LogP contribution is -2.31. The van der Waals surface area contributed by atoms with Crippen molar-refractivity contribution in [1.29, 1.82) is 0 Å². The van der Waals surface area contributed by atoms with Crippen molar-refractivity contribution in [3.8, 4) is 0 Å². The van der Waals surface area contributed by atoms with E-state index in [1.54, 1.807) is 30.3 Å². The number of ether oxygens (including phenoxy) is 1. The second-order valence-corrected chi connectivity index (χ2v) is 7.44. The van der Waals surface area contributed by atoms with Gasteiger partial charge in [-0.05, 0) is 17.0 Å². The van der Waals surface area contributed by atoms with Crippen molar-refractivity contribution in [2.75, 3.05) is 7.11 Å². The van der Waals surface area contributed by atoms with Gasteiger partial charge in [-0.3, -0.25) is 4.79 Å². The molecule has 1 atom stereocenters. The summed E-state index contributed by atoms with van der Waals surface area (Å²) >= 11 is 1.40. The summed E-state index contributed by atoms with van der Waals surface area (Å²) in [4.78, 5) is 12.3. The highest BCUT2D eigenvalue weighted by molar-refractivity contribution is 7.88. The van der Waals surface area contributed by atoms with E-state index in [9.17, 15) is 13.2 Å². The predicted molar refractivity (Wildman–Crippen MR) is 85.9 cm³/mol. The first-order valence-electron chi connectivity index (χ1n) is 6.64. The molecule has 22 heavy (non-hydrogen) atoms. The van der Waals surface area contributed by atoms with E-state index in [0.717, 1.165) is 4.88 Å². The number of thiophene rings is 1. The third-order valence-corrected chi connectivity index (χ3v) is 5.35. The standard InChI is InChI=1S/C15H17NO4S2/c1-20-15(17)10-13(14-8-5-9-21-14)16-22(18,19)11-12-6-3-2-4-7-12/h2-9,13,16H,10-11H2,1H3/t13-/m0/s1. The summed E-state index contributed by atoms with van der Waals surface area (Å²) < 4.78 is 31.9. The minimum Gasteiger partial charge on any atom is -0.469 e. The molecule has 0 amide bonds. The largest absolute Gasteiger partial charge is 0.469 e. The maximum Gasteiger partial charge on any atom is 0.307 e. The maximum absolute atomic E-state index is 12.3. The minimum absolute atomic E-state index is 0.0367. The quantitative estimate of drug-likeness (QED) is 0.787. The number of methoxy groups -OCH3 is 1. The monoisotopic (exact) mass is 339 g/mol. The molecule has 1 N–H and O–H groups in total. The second-order valence-electron chi connectivity index (χ2n) is 4.71. The van der Waals surface area contributed by atoms with Crippen LogP contribution >= 0.6 is 11.3 Å². The van der Waals surface area contributed by atoms with Gasteiger partial charge in [0.15, 0.2) is 0 Å². The fourth-order valence-electron chi connectivity index (χ4n) is 1.99. The molecule has 0 spiro atoms. The number of nitrogens with one attached hydrogen (secondary N) is 1. The predicted octanol–water partition coefficient (Wildman–Crippen LogP) is 2.47. The molecule has 2 rings (SSSR count). The Morgan fingerprint density at radius 1 is 1.23 bits per heavy atom. The van der Waals surface area contributed by atoms with Gasteiger partial charge in [0.25, 0.3) is 0 Å². The zero-order valence-electron chi connectivity index (χ0n) is 12.1. The molecule has 0 radical (unpaired) electrons. The second kappa shape index (κ2) is 7.53. The highest BCUT2D eigenvalue weighted by Crippen LogP contribution is 2.24. The lowest BCUT2D eigenvalue weighted by atomic mass is 10.2. The van der Waals surface area contributed by atoms with Crippen LogP contribution < -0.4 is 4.72 Å². The van der Waals surface area contributed by atoms with Crippen molar-refractivity contribution in [2.24, 2.45) is 0 Å². The number of rotatable bonds is 7. The molecule has 2 aromatic rings. The number of benzene rings is 1. The normalized spacial score (nSPS) is 12.8. The Labute approximate surface area is 134 Å². The zero-order chi connectivity index (χ0) is 16.0. The van der Waals surface area contributed by atoms with E-state index in [2.05, 4.69) is 9.46 Å². The molecule has 0 aliphatic carbocycles. The van der Waals surface area contributed by atoms with E-state index in [0.29, 0.717) is 5.56 Å². The molecule has 5 nitrogen and oxygen atoms in total. The Kier molecular flexibility index (Phi) is 5.70. The van der Waals surface area contributed by atoms with Crippen molar-refractivity contribution in [3.63, 3.8) is 0 Å². The van der Waals surface area contributed by atoms with Crippen LogP contribution in [0.2, 0.25) is 0 Å². The Morgan fingerprint density at radius 2 is 1.95 bits per heavy atom. The topological polar surface area (TPSA) is 72.5 Å². The average molecular weight is 339 g/mol. The van der Waals surface area contributed by atoms with Crippen LogP contribution in [-0.4, -0.2) is 21.5 Å². The van der Waals surface area contributed by atoms with E-state index in [1.807, 2.05) is 17.5 Å². The maximum atomic E-state index is 12.3. The number of hydrogen-bond acceptors (Lipinski definition) is 5. The number of hydrogen-bond donors (Lipinski definition) is 1. The van der Waals surface area contributed by atoms with E-state index >= 15 is 0 Å². The summed E-state index contributed by atoms with van der Waals surface area (Å²) in [6.07, 6.45) is -0.0367. The average Bonchev–Trinajstić information content (AvgIpc) is 3.01. The summed E-state index contributed by atoms with van der Waals surface area (Å²) in [6.45, 7) is 0. The minimum atomic E-state index is -3.56. The van der Waals surface area contributed by atoms with Crippen molar-refractivity contribution in [1.82, 2.24) is 4.72 Å². The van der Waals surface area contributed by atoms with E-state index in [1.165, 1.54) is 18.4 Å². The molecule has 1 aromatic heterocycles. The van der Waals surface area contributed by atoms with E-state index in [4.69, 9.17) is 0 Å². The van der Waals surface area contributed by atoms with Crippen LogP contribution in [0.5, 0.6) is 0 Å². The van der Waals surface area contributed by atoms with Gasteiger partial charge in [0.1, 0.15) is 0 Å². The molecule has 1 aromatic carbocycles. The molecule has 0 fully saturated rings. The van der Waals surface area contributed by atoms with Gasteiger partial charge in [0.2, 0.25) is 10.0 Å². The van der Waals surface area contributed by atoms with Gasteiger partial charge in [-0.15, -0.1) is 11.3 Å². The highest BCUT2D eigenvalue weighted by Gasteiger charge is 2.23. The summed E-state index contributed by atoms with van der Waals surface area (Å²) in [6, 6.07) is 11.9. The Balaban J connectivity index is 2.13. The summed E-state index contributed by atoms with van der Waals surface area (Å²) in [5.74, 6) is -0.586. The SMILES string of the molecule is COC(=O)C[C@H](NS(=O)(=O)Cc1ccccc1)c1cccs1. The van der Waals surface area contributed by atoms with Gasteiger partial charge in [0.05, 0.1) is 25.3 Å². The van der Waals surface area contributed by atoms with Crippen molar-refractivity contribution in [2.45, 2.75) is 18.2 Å². The van der Waals surface area contributed by atoms with Crippen molar-refractivity contribution < 1.29 is 17.9 Å². The van der Waals surface area contributed by atoms with Crippen LogP contribution in [0.1, 0.15) is 22.9 Å². The molecule has 0 bridgehead atoms. The van der Waals surface area contributed by atoms with Crippen molar-refractivity contribution >= 4 is 27.3 Å². The van der Waals surface area contributed by atoms with Gasteiger partial charge in [-0.25, -0.2) is 13.1 Å². The molecule has 1 heterocycles. The molecule has 0 unspecified atom stereocenters. The van der Waals surface area contributed by atoms with Gasteiger partial charge in [-0.1, -0.05) is 36.4 Å². The third kappa shape index (κ3) is 4.94. The van der Waals surface area contributed by atoms with E-state index < -0.39 is 22.0 Å². The molecule has 0 aliphatic rings. The molecule has 0 aliphatic heterocycles. The lowest BCUT2D eigenvalue weighted by Gasteiger charge is -2.16. The van der Waals surface area contributed by atoms with Gasteiger partial charge >= 0.3 is 5.97 Å². The fraction of sp³-hybridized carbons (Fsp3) is 0.267. The van der Waals surface area contributed by atoms with Gasteiger partial charge in [0, 0.05) is 4.88 Å². The van der Waals surface area contributed by atoms with Crippen LogP contribution in [0.4, 0.5) is 0 Å². The van der Waals surface area contributed by atoms with Crippen LogP contribution in [-0.2, 0) is 25.3 Å². The first-order valence-corrected chi connectivity index (χ1v) is 9.17.